The monoisotopic (exact) mass is 340 g/mol. The van der Waals surface area contributed by atoms with Gasteiger partial charge in [-0.25, -0.2) is 4.39 Å². The van der Waals surface area contributed by atoms with Crippen LogP contribution in [0.3, 0.4) is 0 Å². The Kier molecular flexibility index (Phi) is 4.74. The SMILES string of the molecule is Fc1ccc(CN2CCC(C3CCCN3)CC2)cc1Br. The summed E-state index contributed by atoms with van der Waals surface area (Å²) in [6, 6.07) is 6.11. The number of likely N-dealkylation sites (tertiary alicyclic amines) is 1. The Bertz CT molecular complexity index is 452. The molecule has 2 fully saturated rings. The molecule has 0 bridgehead atoms. The second kappa shape index (κ2) is 6.54. The highest BCUT2D eigenvalue weighted by molar-refractivity contribution is 9.10. The minimum Gasteiger partial charge on any atom is -0.314 e. The van der Waals surface area contributed by atoms with E-state index in [1.54, 1.807) is 6.07 Å². The van der Waals surface area contributed by atoms with Crippen molar-refractivity contribution in [2.24, 2.45) is 5.92 Å². The highest BCUT2D eigenvalue weighted by Gasteiger charge is 2.28. The van der Waals surface area contributed by atoms with E-state index in [2.05, 4.69) is 26.1 Å². The summed E-state index contributed by atoms with van der Waals surface area (Å²) in [7, 11) is 0. The molecule has 2 heterocycles. The van der Waals surface area contributed by atoms with Crippen LogP contribution < -0.4 is 5.32 Å². The van der Waals surface area contributed by atoms with Crippen LogP contribution in [0.5, 0.6) is 0 Å². The smallest absolute Gasteiger partial charge is 0.137 e. The molecular formula is C16H22BrFN2. The third-order valence-corrected chi connectivity index (χ3v) is 5.30. The molecule has 2 aliphatic rings. The molecule has 0 aromatic heterocycles. The summed E-state index contributed by atoms with van der Waals surface area (Å²) in [6.45, 7) is 4.47. The summed E-state index contributed by atoms with van der Waals surface area (Å²) < 4.78 is 13.8. The lowest BCUT2D eigenvalue weighted by Gasteiger charge is -2.35. The Morgan fingerprint density at radius 2 is 2.05 bits per heavy atom. The van der Waals surface area contributed by atoms with Gasteiger partial charge in [-0.2, -0.15) is 0 Å². The second-order valence-corrected chi connectivity index (χ2v) is 6.92. The predicted molar refractivity (Wildman–Crippen MR) is 83.1 cm³/mol. The standard InChI is InChI=1S/C16H22BrFN2/c17-14-10-12(3-4-15(14)18)11-20-8-5-13(6-9-20)16-2-1-7-19-16/h3-4,10,13,16,19H,1-2,5-9,11H2. The largest absolute Gasteiger partial charge is 0.314 e. The van der Waals surface area contributed by atoms with Gasteiger partial charge in [-0.15, -0.1) is 0 Å². The normalized spacial score (nSPS) is 25.2. The molecule has 0 saturated carbocycles. The van der Waals surface area contributed by atoms with Crippen molar-refractivity contribution in [2.45, 2.75) is 38.3 Å². The molecule has 1 N–H and O–H groups in total. The molecule has 4 heteroatoms. The first kappa shape index (κ1) is 14.5. The molecule has 1 unspecified atom stereocenters. The van der Waals surface area contributed by atoms with Crippen molar-refractivity contribution in [2.75, 3.05) is 19.6 Å². The lowest BCUT2D eigenvalue weighted by Crippen LogP contribution is -2.40. The summed E-state index contributed by atoms with van der Waals surface area (Å²) in [5.74, 6) is 0.675. The highest BCUT2D eigenvalue weighted by atomic mass is 79.9. The lowest BCUT2D eigenvalue weighted by atomic mass is 9.88. The highest BCUT2D eigenvalue weighted by Crippen LogP contribution is 2.26. The first-order valence-electron chi connectivity index (χ1n) is 7.62. The lowest BCUT2D eigenvalue weighted by molar-refractivity contribution is 0.157. The van der Waals surface area contributed by atoms with Crippen molar-refractivity contribution in [3.63, 3.8) is 0 Å². The fourth-order valence-electron chi connectivity index (χ4n) is 3.52. The van der Waals surface area contributed by atoms with Crippen LogP contribution in [0.2, 0.25) is 0 Å². The number of hydrogen-bond donors (Lipinski definition) is 1. The van der Waals surface area contributed by atoms with E-state index in [9.17, 15) is 4.39 Å². The number of nitrogens with zero attached hydrogens (tertiary/aromatic N) is 1. The van der Waals surface area contributed by atoms with Gasteiger partial charge in [-0.1, -0.05) is 6.07 Å². The molecule has 0 radical (unpaired) electrons. The molecule has 0 spiro atoms. The maximum Gasteiger partial charge on any atom is 0.137 e. The van der Waals surface area contributed by atoms with Crippen LogP contribution in [-0.2, 0) is 6.54 Å². The van der Waals surface area contributed by atoms with Gasteiger partial charge in [0.2, 0.25) is 0 Å². The van der Waals surface area contributed by atoms with E-state index in [1.807, 2.05) is 12.1 Å². The quantitative estimate of drug-likeness (QED) is 0.905. The Balaban J connectivity index is 1.51. The van der Waals surface area contributed by atoms with Gasteiger partial charge in [0.1, 0.15) is 5.82 Å². The molecular weight excluding hydrogens is 319 g/mol. The summed E-state index contributed by atoms with van der Waals surface area (Å²) in [5.41, 5.74) is 1.19. The van der Waals surface area contributed by atoms with Crippen molar-refractivity contribution in [1.29, 1.82) is 0 Å². The van der Waals surface area contributed by atoms with Crippen molar-refractivity contribution in [1.82, 2.24) is 10.2 Å². The summed E-state index contributed by atoms with van der Waals surface area (Å²) in [6.07, 6.45) is 5.28. The second-order valence-electron chi connectivity index (χ2n) is 6.06. The van der Waals surface area contributed by atoms with Crippen LogP contribution in [0, 0.1) is 11.7 Å². The molecule has 1 aromatic carbocycles. The van der Waals surface area contributed by atoms with Gasteiger partial charge in [0.25, 0.3) is 0 Å². The van der Waals surface area contributed by atoms with Crippen LogP contribution in [0.25, 0.3) is 0 Å². The molecule has 2 nitrogen and oxygen atoms in total. The van der Waals surface area contributed by atoms with Crippen molar-refractivity contribution >= 4 is 15.9 Å². The molecule has 2 saturated heterocycles. The molecule has 2 aliphatic heterocycles. The average Bonchev–Trinajstić information content (AvgIpc) is 2.98. The van der Waals surface area contributed by atoms with Crippen molar-refractivity contribution in [3.05, 3.63) is 34.1 Å². The number of hydrogen-bond acceptors (Lipinski definition) is 2. The first-order chi connectivity index (χ1) is 9.72. The minimum absolute atomic E-state index is 0.181. The zero-order valence-electron chi connectivity index (χ0n) is 11.7. The number of benzene rings is 1. The zero-order valence-corrected chi connectivity index (χ0v) is 13.3. The molecule has 0 aliphatic carbocycles. The van der Waals surface area contributed by atoms with Gasteiger partial charge in [0.05, 0.1) is 4.47 Å². The van der Waals surface area contributed by atoms with E-state index in [-0.39, 0.29) is 5.82 Å². The van der Waals surface area contributed by atoms with Gasteiger partial charge in [0, 0.05) is 12.6 Å². The van der Waals surface area contributed by atoms with E-state index in [0.717, 1.165) is 31.6 Å². The molecule has 1 atom stereocenters. The van der Waals surface area contributed by atoms with E-state index < -0.39 is 0 Å². The number of nitrogens with one attached hydrogen (secondary N) is 1. The first-order valence-corrected chi connectivity index (χ1v) is 8.41. The van der Waals surface area contributed by atoms with Gasteiger partial charge >= 0.3 is 0 Å². The zero-order chi connectivity index (χ0) is 13.9. The molecule has 1 aromatic rings. The Morgan fingerprint density at radius 1 is 1.25 bits per heavy atom. The molecule has 110 valence electrons. The maximum atomic E-state index is 13.2. The maximum absolute atomic E-state index is 13.2. The van der Waals surface area contributed by atoms with E-state index in [4.69, 9.17) is 0 Å². The van der Waals surface area contributed by atoms with Crippen molar-refractivity contribution < 1.29 is 4.39 Å². The van der Waals surface area contributed by atoms with Crippen LogP contribution >= 0.6 is 15.9 Å². The van der Waals surface area contributed by atoms with E-state index >= 15 is 0 Å². The van der Waals surface area contributed by atoms with Crippen LogP contribution in [0.15, 0.2) is 22.7 Å². The average molecular weight is 341 g/mol. The molecule has 0 amide bonds. The van der Waals surface area contributed by atoms with Crippen LogP contribution in [0.4, 0.5) is 4.39 Å². The molecule has 20 heavy (non-hydrogen) atoms. The Labute approximate surface area is 128 Å². The Hall–Kier alpha value is -0.450. The fourth-order valence-corrected chi connectivity index (χ4v) is 3.95. The summed E-state index contributed by atoms with van der Waals surface area (Å²) in [4.78, 5) is 2.49. The van der Waals surface area contributed by atoms with E-state index in [0.29, 0.717) is 4.47 Å². The van der Waals surface area contributed by atoms with Gasteiger partial charge in [-0.05, 0) is 84.9 Å². The third kappa shape index (κ3) is 3.41. The predicted octanol–water partition coefficient (Wildman–Crippen LogP) is 3.55. The summed E-state index contributed by atoms with van der Waals surface area (Å²) >= 11 is 3.26. The molecule has 3 rings (SSSR count). The van der Waals surface area contributed by atoms with Gasteiger partial charge in [-0.3, -0.25) is 4.90 Å². The number of piperidine rings is 1. The fraction of sp³-hybridized carbons (Fsp3) is 0.625. The van der Waals surface area contributed by atoms with Crippen LogP contribution in [-0.4, -0.2) is 30.6 Å². The minimum atomic E-state index is -0.181. The van der Waals surface area contributed by atoms with Gasteiger partial charge < -0.3 is 5.32 Å². The van der Waals surface area contributed by atoms with E-state index in [1.165, 1.54) is 37.8 Å². The Morgan fingerprint density at radius 3 is 2.70 bits per heavy atom. The topological polar surface area (TPSA) is 15.3 Å². The third-order valence-electron chi connectivity index (χ3n) is 4.69. The number of halogens is 2. The number of rotatable bonds is 3. The van der Waals surface area contributed by atoms with Crippen molar-refractivity contribution in [3.8, 4) is 0 Å². The van der Waals surface area contributed by atoms with Gasteiger partial charge in [0.15, 0.2) is 0 Å². The van der Waals surface area contributed by atoms with Crippen LogP contribution in [0.1, 0.15) is 31.2 Å². The summed E-state index contributed by atoms with van der Waals surface area (Å²) in [5, 5.41) is 3.64.